The molecular weight excluding hydrogens is 280 g/mol. The smallest absolute Gasteiger partial charge is 0.238 e. The Morgan fingerprint density at radius 3 is 2.48 bits per heavy atom. The molecule has 4 heteroatoms. The summed E-state index contributed by atoms with van der Waals surface area (Å²) in [6.45, 7) is 6.77. The zero-order valence-corrected chi connectivity index (χ0v) is 13.6. The average Bonchev–Trinajstić information content (AvgIpc) is 2.84. The van der Waals surface area contributed by atoms with E-state index in [0.717, 1.165) is 18.5 Å². The highest BCUT2D eigenvalue weighted by atomic mass is 32.1. The number of anilines is 1. The van der Waals surface area contributed by atoms with Crippen LogP contribution in [0.3, 0.4) is 0 Å². The topological polar surface area (TPSA) is 32.3 Å². The van der Waals surface area contributed by atoms with Crippen molar-refractivity contribution in [3.63, 3.8) is 0 Å². The molecule has 1 aromatic carbocycles. The zero-order chi connectivity index (χ0) is 15.2. The summed E-state index contributed by atoms with van der Waals surface area (Å²) >= 11 is 5.44. The van der Waals surface area contributed by atoms with Crippen molar-refractivity contribution in [2.24, 2.45) is 17.3 Å². The first-order valence-corrected chi connectivity index (χ1v) is 7.98. The Hall–Kier alpha value is -1.42. The molecule has 3 rings (SSSR count). The number of para-hydroxylation sites is 1. The molecule has 1 heterocycles. The van der Waals surface area contributed by atoms with Gasteiger partial charge in [0.25, 0.3) is 0 Å². The van der Waals surface area contributed by atoms with Crippen LogP contribution in [0.15, 0.2) is 30.3 Å². The van der Waals surface area contributed by atoms with Crippen molar-refractivity contribution >= 4 is 28.9 Å². The van der Waals surface area contributed by atoms with Gasteiger partial charge in [0, 0.05) is 6.04 Å². The van der Waals surface area contributed by atoms with E-state index in [1.165, 1.54) is 0 Å². The third kappa shape index (κ3) is 2.57. The number of hydrogen-bond donors (Lipinski definition) is 1. The van der Waals surface area contributed by atoms with Crippen LogP contribution in [0.4, 0.5) is 5.69 Å². The summed E-state index contributed by atoms with van der Waals surface area (Å²) in [6, 6.07) is 9.88. The fourth-order valence-electron chi connectivity index (χ4n) is 3.49. The molecule has 0 spiro atoms. The molecule has 1 aliphatic heterocycles. The van der Waals surface area contributed by atoms with Crippen molar-refractivity contribution in [3.05, 3.63) is 30.3 Å². The van der Waals surface area contributed by atoms with Crippen molar-refractivity contribution < 1.29 is 4.79 Å². The van der Waals surface area contributed by atoms with Gasteiger partial charge in [-0.15, -0.1) is 0 Å². The summed E-state index contributed by atoms with van der Waals surface area (Å²) in [5.41, 5.74) is 1.09. The van der Waals surface area contributed by atoms with Crippen LogP contribution in [0, 0.1) is 17.3 Å². The van der Waals surface area contributed by atoms with Gasteiger partial charge >= 0.3 is 0 Å². The molecule has 0 radical (unpaired) electrons. The number of nitrogens with zero attached hydrogens (tertiary/aromatic N) is 1. The lowest BCUT2D eigenvalue weighted by atomic mass is 9.79. The van der Waals surface area contributed by atoms with E-state index in [2.05, 4.69) is 26.1 Å². The Morgan fingerprint density at radius 1 is 1.19 bits per heavy atom. The lowest BCUT2D eigenvalue weighted by Gasteiger charge is -2.36. The van der Waals surface area contributed by atoms with E-state index in [-0.39, 0.29) is 23.3 Å². The van der Waals surface area contributed by atoms with Crippen LogP contribution < -0.4 is 10.2 Å². The molecule has 0 aromatic heterocycles. The van der Waals surface area contributed by atoms with Crippen molar-refractivity contribution in [1.29, 1.82) is 0 Å². The van der Waals surface area contributed by atoms with Gasteiger partial charge in [0.2, 0.25) is 5.91 Å². The van der Waals surface area contributed by atoms with E-state index >= 15 is 0 Å². The second-order valence-electron chi connectivity index (χ2n) is 7.21. The molecular formula is C17H22N2OS. The van der Waals surface area contributed by atoms with Crippen LogP contribution >= 0.6 is 12.2 Å². The molecule has 1 N–H and O–H groups in total. The van der Waals surface area contributed by atoms with Gasteiger partial charge in [-0.2, -0.15) is 0 Å². The molecule has 1 amide bonds. The fraction of sp³-hybridized carbons (Fsp3) is 0.529. The number of rotatable bonds is 1. The van der Waals surface area contributed by atoms with E-state index in [0.29, 0.717) is 11.0 Å². The largest absolute Gasteiger partial charge is 0.358 e. The van der Waals surface area contributed by atoms with Gasteiger partial charge in [0.1, 0.15) is 0 Å². The van der Waals surface area contributed by atoms with E-state index in [1.54, 1.807) is 4.90 Å². The van der Waals surface area contributed by atoms with Gasteiger partial charge in [-0.3, -0.25) is 9.69 Å². The van der Waals surface area contributed by atoms with Gasteiger partial charge in [0.15, 0.2) is 5.11 Å². The first kappa shape index (κ1) is 14.5. The Balaban J connectivity index is 1.86. The Morgan fingerprint density at radius 2 is 1.86 bits per heavy atom. The highest BCUT2D eigenvalue weighted by Gasteiger charge is 2.48. The maximum absolute atomic E-state index is 12.9. The minimum atomic E-state index is 0.0427. The quantitative estimate of drug-likeness (QED) is 0.808. The van der Waals surface area contributed by atoms with Crippen LogP contribution in [0.2, 0.25) is 0 Å². The lowest BCUT2D eigenvalue weighted by Crippen LogP contribution is -2.58. The number of thiocarbonyl (C=S) groups is 1. The number of carbonyl (C=O) groups is 1. The van der Waals surface area contributed by atoms with Crippen molar-refractivity contribution in [2.75, 3.05) is 4.90 Å². The zero-order valence-electron chi connectivity index (χ0n) is 12.8. The fourth-order valence-corrected chi connectivity index (χ4v) is 3.83. The molecule has 2 aliphatic rings. The predicted octanol–water partition coefficient (Wildman–Crippen LogP) is 3.35. The molecule has 1 aromatic rings. The minimum Gasteiger partial charge on any atom is -0.358 e. The predicted molar refractivity (Wildman–Crippen MR) is 89.1 cm³/mol. The summed E-state index contributed by atoms with van der Waals surface area (Å²) in [5, 5.41) is 3.94. The Kier molecular flexibility index (Phi) is 3.52. The number of fused-ring (bicyclic) bond motifs is 1. The second-order valence-corrected chi connectivity index (χ2v) is 7.59. The number of hydrogen-bond acceptors (Lipinski definition) is 2. The molecule has 21 heavy (non-hydrogen) atoms. The van der Waals surface area contributed by atoms with Crippen LogP contribution in [0.5, 0.6) is 0 Å². The van der Waals surface area contributed by atoms with E-state index < -0.39 is 0 Å². The van der Waals surface area contributed by atoms with Gasteiger partial charge < -0.3 is 5.32 Å². The summed E-state index contributed by atoms with van der Waals surface area (Å²) in [7, 11) is 0. The maximum atomic E-state index is 12.9. The van der Waals surface area contributed by atoms with E-state index in [1.807, 2.05) is 30.3 Å². The van der Waals surface area contributed by atoms with Crippen molar-refractivity contribution in [2.45, 2.75) is 39.7 Å². The van der Waals surface area contributed by atoms with Crippen LogP contribution in [-0.4, -0.2) is 17.1 Å². The summed E-state index contributed by atoms with van der Waals surface area (Å²) < 4.78 is 0. The first-order chi connectivity index (χ1) is 9.88. The minimum absolute atomic E-state index is 0.0427. The number of amides is 1. The van der Waals surface area contributed by atoms with Crippen LogP contribution in [0.25, 0.3) is 0 Å². The van der Waals surface area contributed by atoms with Gasteiger partial charge in [-0.1, -0.05) is 39.0 Å². The molecule has 3 nitrogen and oxygen atoms in total. The number of carbonyl (C=O) groups excluding carboxylic acids is 1. The number of nitrogens with one attached hydrogen (secondary N) is 1. The molecule has 0 bridgehead atoms. The maximum Gasteiger partial charge on any atom is 0.238 e. The van der Waals surface area contributed by atoms with Crippen molar-refractivity contribution in [3.8, 4) is 0 Å². The van der Waals surface area contributed by atoms with Gasteiger partial charge in [-0.25, -0.2) is 0 Å². The lowest BCUT2D eigenvalue weighted by molar-refractivity contribution is -0.122. The van der Waals surface area contributed by atoms with Gasteiger partial charge in [0.05, 0.1) is 11.6 Å². The molecule has 3 atom stereocenters. The highest BCUT2D eigenvalue weighted by Crippen LogP contribution is 2.44. The Bertz CT molecular complexity index is 564. The number of benzene rings is 1. The molecule has 0 unspecified atom stereocenters. The third-order valence-electron chi connectivity index (χ3n) is 4.85. The van der Waals surface area contributed by atoms with Crippen molar-refractivity contribution in [1.82, 2.24) is 5.32 Å². The van der Waals surface area contributed by atoms with Gasteiger partial charge in [-0.05, 0) is 48.5 Å². The molecule has 2 fully saturated rings. The normalized spacial score (nSPS) is 29.3. The standard InChI is InChI=1S/C17H22N2OS/c1-17(2,3)11-9-13-14(10-11)18-16(21)19(15(13)20)12-7-5-4-6-8-12/h4-8,11,13-14H,9-10H2,1-3H3,(H,18,21)/t11-,13-,14+/m1/s1. The van der Waals surface area contributed by atoms with E-state index in [4.69, 9.17) is 12.2 Å². The van der Waals surface area contributed by atoms with Crippen LogP contribution in [-0.2, 0) is 4.79 Å². The summed E-state index contributed by atoms with van der Waals surface area (Å²) in [6.07, 6.45) is 1.98. The third-order valence-corrected chi connectivity index (χ3v) is 5.15. The molecule has 112 valence electrons. The van der Waals surface area contributed by atoms with E-state index in [9.17, 15) is 4.79 Å². The first-order valence-electron chi connectivity index (χ1n) is 7.57. The SMILES string of the molecule is CC(C)(C)[C@H]1C[C@@H]2NC(=S)N(c3ccccc3)C(=O)[C@@H]2C1. The molecule has 1 aliphatic carbocycles. The monoisotopic (exact) mass is 302 g/mol. The molecule has 1 saturated carbocycles. The summed E-state index contributed by atoms with van der Waals surface area (Å²) in [4.78, 5) is 14.6. The Labute approximate surface area is 131 Å². The molecule has 1 saturated heterocycles. The highest BCUT2D eigenvalue weighted by molar-refractivity contribution is 7.80. The second kappa shape index (κ2) is 5.09. The van der Waals surface area contributed by atoms with Crippen LogP contribution in [0.1, 0.15) is 33.6 Å². The average molecular weight is 302 g/mol. The summed E-state index contributed by atoms with van der Waals surface area (Å²) in [5.74, 6) is 0.755.